The van der Waals surface area contributed by atoms with Crippen LogP contribution in [0.1, 0.15) is 110 Å². The third-order valence-corrected chi connectivity index (χ3v) is 7.58. The van der Waals surface area contributed by atoms with Crippen LogP contribution in [0.15, 0.2) is 0 Å². The average Bonchev–Trinajstić information content (AvgIpc) is 2.58. The van der Waals surface area contributed by atoms with Gasteiger partial charge < -0.3 is 0 Å². The molecule has 3 rings (SSSR count). The fourth-order valence-corrected chi connectivity index (χ4v) is 6.49. The Morgan fingerprint density at radius 2 is 1.36 bits per heavy atom. The second-order valence-electron chi connectivity index (χ2n) is 8.86. The summed E-state index contributed by atoms with van der Waals surface area (Å²) in [5, 5.41) is 0. The van der Waals surface area contributed by atoms with E-state index in [2.05, 4.69) is 6.92 Å². The molecule has 0 N–H and O–H groups in total. The summed E-state index contributed by atoms with van der Waals surface area (Å²) >= 11 is 0. The lowest BCUT2D eigenvalue weighted by Crippen LogP contribution is -2.41. The van der Waals surface area contributed by atoms with Crippen molar-refractivity contribution in [1.82, 2.24) is 0 Å². The van der Waals surface area contributed by atoms with E-state index in [-0.39, 0.29) is 0 Å². The van der Waals surface area contributed by atoms with Crippen LogP contribution in [0.25, 0.3) is 0 Å². The molecule has 5 atom stereocenters. The normalized spacial score (nSPS) is 38.3. The molecule has 3 aliphatic carbocycles. The second-order valence-corrected chi connectivity index (χ2v) is 8.86. The third-order valence-electron chi connectivity index (χ3n) is 7.58. The van der Waals surface area contributed by atoms with Gasteiger partial charge in [0.05, 0.1) is 0 Å². The van der Waals surface area contributed by atoms with Crippen molar-refractivity contribution in [2.75, 3.05) is 0 Å². The number of unbranched alkanes of at least 4 members (excludes halogenated alkanes) is 5. The molecule has 0 aliphatic heterocycles. The summed E-state index contributed by atoms with van der Waals surface area (Å²) in [6.45, 7) is 2.32. The lowest BCUT2D eigenvalue weighted by Gasteiger charge is -2.51. The van der Waals surface area contributed by atoms with Gasteiger partial charge in [-0.25, -0.2) is 0 Å². The molecule has 0 heteroatoms. The Bertz CT molecular complexity index is 307. The zero-order chi connectivity index (χ0) is 15.2. The molecule has 0 nitrogen and oxygen atoms in total. The van der Waals surface area contributed by atoms with Crippen LogP contribution < -0.4 is 0 Å². The summed E-state index contributed by atoms with van der Waals surface area (Å²) < 4.78 is 0. The summed E-state index contributed by atoms with van der Waals surface area (Å²) in [5.41, 5.74) is 0. The summed E-state index contributed by atoms with van der Waals surface area (Å²) in [5.74, 6) is 5.71. The van der Waals surface area contributed by atoms with Crippen molar-refractivity contribution in [2.45, 2.75) is 110 Å². The number of hydrogen-bond acceptors (Lipinski definition) is 0. The van der Waals surface area contributed by atoms with Gasteiger partial charge in [0.25, 0.3) is 0 Å². The Balaban J connectivity index is 1.45. The maximum Gasteiger partial charge on any atom is -0.0352 e. The van der Waals surface area contributed by atoms with Gasteiger partial charge in [-0.3, -0.25) is 0 Å². The fraction of sp³-hybridized carbons (Fsp3) is 1.00. The van der Waals surface area contributed by atoms with Crippen molar-refractivity contribution < 1.29 is 0 Å². The summed E-state index contributed by atoms with van der Waals surface area (Å²) in [7, 11) is 0. The molecule has 3 aliphatic rings. The Hall–Kier alpha value is 0. The molecule has 0 spiro atoms. The van der Waals surface area contributed by atoms with Crippen molar-refractivity contribution in [3.05, 3.63) is 0 Å². The molecule has 0 aromatic carbocycles. The lowest BCUT2D eigenvalue weighted by molar-refractivity contribution is -0.00637. The van der Waals surface area contributed by atoms with E-state index in [1.165, 1.54) is 38.5 Å². The number of rotatable bonds is 7. The summed E-state index contributed by atoms with van der Waals surface area (Å²) in [6.07, 6.45) is 24.6. The zero-order valence-electron chi connectivity index (χ0n) is 15.2. The van der Waals surface area contributed by atoms with Gasteiger partial charge >= 0.3 is 0 Å². The monoisotopic (exact) mass is 304 g/mol. The largest absolute Gasteiger partial charge is 0.0654 e. The standard InChI is InChI=1S/C22H40/c1-2-3-4-5-6-7-11-18-13-10-15-22-20-14-9-8-12-19(20)16-17-21(18)22/h18-22H,2-17H2,1H3. The van der Waals surface area contributed by atoms with Gasteiger partial charge in [-0.2, -0.15) is 0 Å². The molecule has 0 aromatic rings. The minimum absolute atomic E-state index is 1.12. The lowest BCUT2D eigenvalue weighted by atomic mass is 9.55. The van der Waals surface area contributed by atoms with Crippen molar-refractivity contribution in [2.24, 2.45) is 29.6 Å². The third kappa shape index (κ3) is 4.09. The van der Waals surface area contributed by atoms with Gasteiger partial charge in [-0.15, -0.1) is 0 Å². The zero-order valence-corrected chi connectivity index (χ0v) is 15.2. The molecule has 0 bridgehead atoms. The molecular formula is C22H40. The molecule has 5 unspecified atom stereocenters. The van der Waals surface area contributed by atoms with Gasteiger partial charge in [-0.1, -0.05) is 84.0 Å². The van der Waals surface area contributed by atoms with E-state index < -0.39 is 0 Å². The first-order chi connectivity index (χ1) is 10.9. The Morgan fingerprint density at radius 3 is 2.27 bits per heavy atom. The van der Waals surface area contributed by atoms with Crippen LogP contribution in [0.3, 0.4) is 0 Å². The van der Waals surface area contributed by atoms with Crippen LogP contribution in [0.5, 0.6) is 0 Å². The number of fused-ring (bicyclic) bond motifs is 3. The SMILES string of the molecule is CCCCCCCCC1CCCC2C3CCCCC3CCC12. The highest BCUT2D eigenvalue weighted by molar-refractivity contribution is 4.94. The molecule has 3 saturated carbocycles. The first-order valence-electron chi connectivity index (χ1n) is 10.9. The van der Waals surface area contributed by atoms with Crippen LogP contribution in [0.2, 0.25) is 0 Å². The highest BCUT2D eigenvalue weighted by atomic mass is 14.5. The summed E-state index contributed by atoms with van der Waals surface area (Å²) in [6, 6.07) is 0. The van der Waals surface area contributed by atoms with Gasteiger partial charge in [0.2, 0.25) is 0 Å². The van der Waals surface area contributed by atoms with Gasteiger partial charge in [0.1, 0.15) is 0 Å². The van der Waals surface area contributed by atoms with Crippen LogP contribution in [0, 0.1) is 29.6 Å². The molecule has 3 fully saturated rings. The smallest absolute Gasteiger partial charge is 0.0352 e. The number of hydrogen-bond donors (Lipinski definition) is 0. The minimum Gasteiger partial charge on any atom is -0.0654 e. The fourth-order valence-electron chi connectivity index (χ4n) is 6.49. The van der Waals surface area contributed by atoms with E-state index in [4.69, 9.17) is 0 Å². The predicted molar refractivity (Wildman–Crippen MR) is 97.0 cm³/mol. The molecule has 128 valence electrons. The van der Waals surface area contributed by atoms with Crippen molar-refractivity contribution in [3.63, 3.8) is 0 Å². The molecule has 22 heavy (non-hydrogen) atoms. The molecule has 0 saturated heterocycles. The van der Waals surface area contributed by atoms with Crippen LogP contribution in [0.4, 0.5) is 0 Å². The Kier molecular flexibility index (Phi) is 6.69. The maximum absolute atomic E-state index is 2.32. The highest BCUT2D eigenvalue weighted by Gasteiger charge is 2.44. The van der Waals surface area contributed by atoms with E-state index in [0.29, 0.717) is 0 Å². The summed E-state index contributed by atoms with van der Waals surface area (Å²) in [4.78, 5) is 0. The van der Waals surface area contributed by atoms with Crippen LogP contribution >= 0.6 is 0 Å². The molecule has 0 aromatic heterocycles. The molecule has 0 heterocycles. The van der Waals surface area contributed by atoms with E-state index in [1.807, 2.05) is 0 Å². The second kappa shape index (κ2) is 8.74. The van der Waals surface area contributed by atoms with Gasteiger partial charge in [-0.05, 0) is 55.3 Å². The van der Waals surface area contributed by atoms with Crippen molar-refractivity contribution in [3.8, 4) is 0 Å². The van der Waals surface area contributed by atoms with E-state index in [9.17, 15) is 0 Å². The molecule has 0 radical (unpaired) electrons. The highest BCUT2D eigenvalue weighted by Crippen LogP contribution is 2.53. The Labute approximate surface area is 139 Å². The predicted octanol–water partition coefficient (Wildman–Crippen LogP) is 7.37. The molecular weight excluding hydrogens is 264 g/mol. The van der Waals surface area contributed by atoms with E-state index >= 15 is 0 Å². The first-order valence-corrected chi connectivity index (χ1v) is 10.9. The quantitative estimate of drug-likeness (QED) is 0.431. The topological polar surface area (TPSA) is 0 Å². The van der Waals surface area contributed by atoms with Crippen LogP contribution in [-0.4, -0.2) is 0 Å². The van der Waals surface area contributed by atoms with Crippen molar-refractivity contribution >= 4 is 0 Å². The van der Waals surface area contributed by atoms with Gasteiger partial charge in [0, 0.05) is 0 Å². The minimum atomic E-state index is 1.12. The maximum atomic E-state index is 2.32. The van der Waals surface area contributed by atoms with E-state index in [0.717, 1.165) is 29.6 Å². The van der Waals surface area contributed by atoms with Crippen LogP contribution in [-0.2, 0) is 0 Å². The Morgan fingerprint density at radius 1 is 0.591 bits per heavy atom. The average molecular weight is 305 g/mol. The van der Waals surface area contributed by atoms with E-state index in [1.54, 1.807) is 64.2 Å². The first kappa shape index (κ1) is 16.8. The van der Waals surface area contributed by atoms with Crippen molar-refractivity contribution in [1.29, 1.82) is 0 Å². The molecule has 0 amide bonds. The van der Waals surface area contributed by atoms with Gasteiger partial charge in [0.15, 0.2) is 0 Å².